The Bertz CT molecular complexity index is 2080. The third-order valence-electron chi connectivity index (χ3n) is 7.72. The molecule has 2 heterocycles. The fourth-order valence-corrected chi connectivity index (χ4v) is 5.84. The number of nitro groups is 2. The van der Waals surface area contributed by atoms with Crippen molar-refractivity contribution in [3.05, 3.63) is 152 Å². The first-order valence-electron chi connectivity index (χ1n) is 14.5. The molecule has 0 N–H and O–H groups in total. The third kappa shape index (κ3) is 5.81. The fraction of sp³-hybridized carbons (Fsp3) is 0.0571. The van der Waals surface area contributed by atoms with Crippen molar-refractivity contribution in [2.45, 2.75) is 13.8 Å². The van der Waals surface area contributed by atoms with Crippen LogP contribution < -0.4 is 14.5 Å². The average Bonchev–Trinajstić information content (AvgIpc) is 3.36. The Labute approximate surface area is 279 Å². The molecule has 0 radical (unpaired) electrons. The lowest BCUT2D eigenvalue weighted by atomic mass is 10.1. The van der Waals surface area contributed by atoms with Gasteiger partial charge in [-0.3, -0.25) is 39.6 Å². The van der Waals surface area contributed by atoms with Crippen molar-refractivity contribution >= 4 is 58.0 Å². The number of nitro benzene ring substituents is 2. The molecular formula is C35H25N5O7S. The normalized spacial score (nSPS) is 13.1. The molecule has 1 aliphatic rings. The van der Waals surface area contributed by atoms with Gasteiger partial charge in [-0.1, -0.05) is 36.4 Å². The van der Waals surface area contributed by atoms with E-state index in [2.05, 4.69) is 0 Å². The lowest BCUT2D eigenvalue weighted by Gasteiger charge is -2.36. The van der Waals surface area contributed by atoms with Gasteiger partial charge in [-0.05, 0) is 98.4 Å². The highest BCUT2D eigenvalue weighted by Crippen LogP contribution is 2.35. The van der Waals surface area contributed by atoms with Gasteiger partial charge in [-0.15, -0.1) is 0 Å². The first-order valence-corrected chi connectivity index (χ1v) is 14.9. The molecule has 0 aliphatic carbocycles. The van der Waals surface area contributed by atoms with E-state index >= 15 is 0 Å². The summed E-state index contributed by atoms with van der Waals surface area (Å²) in [5.74, 6) is -0.960. The number of hydrogen-bond donors (Lipinski definition) is 0. The summed E-state index contributed by atoms with van der Waals surface area (Å²) >= 11 is 5.69. The summed E-state index contributed by atoms with van der Waals surface area (Å²) in [6.45, 7) is 3.74. The molecule has 2 amide bonds. The van der Waals surface area contributed by atoms with Crippen LogP contribution in [0.2, 0.25) is 0 Å². The average molecular weight is 660 g/mol. The van der Waals surface area contributed by atoms with Crippen LogP contribution >= 0.6 is 12.2 Å². The summed E-state index contributed by atoms with van der Waals surface area (Å²) in [5.41, 5.74) is 2.94. The van der Waals surface area contributed by atoms with E-state index in [0.717, 1.165) is 29.2 Å². The predicted molar refractivity (Wildman–Crippen MR) is 183 cm³/mol. The first kappa shape index (κ1) is 31.5. The molecule has 0 unspecified atom stereocenters. The van der Waals surface area contributed by atoms with Gasteiger partial charge in [-0.25, -0.2) is 0 Å². The maximum Gasteiger partial charge on any atom is 0.318 e. The van der Waals surface area contributed by atoms with Crippen LogP contribution in [-0.2, 0) is 9.59 Å². The Kier molecular flexibility index (Phi) is 8.36. The zero-order valence-electron chi connectivity index (χ0n) is 25.5. The van der Waals surface area contributed by atoms with E-state index in [4.69, 9.17) is 17.0 Å². The maximum absolute atomic E-state index is 13.9. The monoisotopic (exact) mass is 659 g/mol. The highest BCUT2D eigenvalue weighted by molar-refractivity contribution is 7.81. The number of nitrogens with zero attached hydrogens (tertiary/aromatic N) is 5. The minimum atomic E-state index is -0.743. The Morgan fingerprint density at radius 2 is 1.27 bits per heavy atom. The molecule has 48 heavy (non-hydrogen) atoms. The SMILES string of the molecule is Cc1cc(C=C2C(=O)N(c3ccccc3)C(=S)N(c3ccccc3)C2=O)c(C)n1-c1ccc(Oc2ccc([N+](=O)[O-])cc2[N+](=O)[O-])cc1. The Morgan fingerprint density at radius 3 is 1.79 bits per heavy atom. The number of ether oxygens (including phenoxy) is 1. The van der Waals surface area contributed by atoms with Gasteiger partial charge in [0.05, 0.1) is 27.3 Å². The molecule has 0 atom stereocenters. The molecule has 1 saturated heterocycles. The number of aromatic nitrogens is 1. The molecule has 6 rings (SSSR count). The Balaban J connectivity index is 1.34. The second kappa shape index (κ2) is 12.7. The molecule has 5 aromatic rings. The van der Waals surface area contributed by atoms with Crippen molar-refractivity contribution in [2.75, 3.05) is 9.80 Å². The molecule has 13 heteroatoms. The fourth-order valence-electron chi connectivity index (χ4n) is 5.46. The largest absolute Gasteiger partial charge is 0.450 e. The number of rotatable bonds is 8. The molecule has 1 fully saturated rings. The number of anilines is 2. The molecule has 0 spiro atoms. The van der Waals surface area contributed by atoms with Crippen LogP contribution in [0.15, 0.2) is 115 Å². The van der Waals surface area contributed by atoms with Gasteiger partial charge in [0.25, 0.3) is 17.5 Å². The van der Waals surface area contributed by atoms with Crippen LogP contribution in [0, 0.1) is 34.1 Å². The molecular weight excluding hydrogens is 634 g/mol. The summed E-state index contributed by atoms with van der Waals surface area (Å²) in [7, 11) is 0. The van der Waals surface area contributed by atoms with Gasteiger partial charge in [0, 0.05) is 23.1 Å². The first-order chi connectivity index (χ1) is 23.0. The number of thiocarbonyl (C=S) groups is 1. The van der Waals surface area contributed by atoms with E-state index in [1.165, 1.54) is 15.9 Å². The van der Waals surface area contributed by atoms with Crippen molar-refractivity contribution in [1.29, 1.82) is 0 Å². The van der Waals surface area contributed by atoms with E-state index in [-0.39, 0.29) is 22.2 Å². The lowest BCUT2D eigenvalue weighted by molar-refractivity contribution is -0.394. The zero-order valence-corrected chi connectivity index (χ0v) is 26.3. The van der Waals surface area contributed by atoms with Crippen molar-refractivity contribution in [1.82, 2.24) is 4.57 Å². The van der Waals surface area contributed by atoms with Crippen LogP contribution in [-0.4, -0.2) is 31.3 Å². The number of carbonyl (C=O) groups excluding carboxylic acids is 2. The van der Waals surface area contributed by atoms with Gasteiger partial charge < -0.3 is 9.30 Å². The molecule has 4 aromatic carbocycles. The standard InChI is InChI=1S/C35H25N5O7S/c1-22-19-24(20-30-33(41)37(25-9-5-3-6-10-25)35(48)38(34(30)42)26-11-7-4-8-12-26)23(2)36(22)27-13-16-29(17-14-27)47-32-18-15-28(39(43)44)21-31(32)40(45)46/h3-21H,1-2H3. The number of amides is 2. The maximum atomic E-state index is 13.9. The van der Waals surface area contributed by atoms with Gasteiger partial charge in [0.1, 0.15) is 11.3 Å². The quantitative estimate of drug-likeness (QED) is 0.0550. The number of hydrogen-bond acceptors (Lipinski definition) is 8. The highest BCUT2D eigenvalue weighted by Gasteiger charge is 2.41. The van der Waals surface area contributed by atoms with Crippen molar-refractivity contribution in [3.8, 4) is 17.2 Å². The van der Waals surface area contributed by atoms with Crippen molar-refractivity contribution < 1.29 is 24.2 Å². The molecule has 0 bridgehead atoms. The van der Waals surface area contributed by atoms with Crippen LogP contribution in [0.25, 0.3) is 11.8 Å². The molecule has 1 aromatic heterocycles. The number of non-ortho nitro benzene ring substituents is 1. The minimum Gasteiger partial charge on any atom is -0.450 e. The number of carbonyl (C=O) groups is 2. The highest BCUT2D eigenvalue weighted by atomic mass is 32.1. The molecule has 238 valence electrons. The van der Waals surface area contributed by atoms with Gasteiger partial charge in [-0.2, -0.15) is 0 Å². The van der Waals surface area contributed by atoms with Crippen LogP contribution in [0.3, 0.4) is 0 Å². The predicted octanol–water partition coefficient (Wildman–Crippen LogP) is 7.45. The van der Waals surface area contributed by atoms with E-state index in [9.17, 15) is 29.8 Å². The van der Waals surface area contributed by atoms with E-state index < -0.39 is 33.0 Å². The zero-order chi connectivity index (χ0) is 34.1. The number of para-hydroxylation sites is 2. The molecule has 12 nitrogen and oxygen atoms in total. The third-order valence-corrected chi connectivity index (χ3v) is 8.09. The van der Waals surface area contributed by atoms with E-state index in [0.29, 0.717) is 16.9 Å². The molecule has 1 aliphatic heterocycles. The summed E-state index contributed by atoms with van der Waals surface area (Å²) in [5, 5.41) is 22.6. The van der Waals surface area contributed by atoms with Crippen molar-refractivity contribution in [3.63, 3.8) is 0 Å². The summed E-state index contributed by atoms with van der Waals surface area (Å²) in [6, 6.07) is 29.5. The Hall–Kier alpha value is -6.47. The van der Waals surface area contributed by atoms with Crippen molar-refractivity contribution in [2.24, 2.45) is 0 Å². The Morgan fingerprint density at radius 1 is 0.708 bits per heavy atom. The van der Waals surface area contributed by atoms with Crippen LogP contribution in [0.1, 0.15) is 17.0 Å². The van der Waals surface area contributed by atoms with E-state index in [1.807, 2.05) is 36.6 Å². The molecule has 0 saturated carbocycles. The van der Waals surface area contributed by atoms with E-state index in [1.54, 1.807) is 78.9 Å². The second-order valence-electron chi connectivity index (χ2n) is 10.7. The lowest BCUT2D eigenvalue weighted by Crippen LogP contribution is -2.56. The van der Waals surface area contributed by atoms with Gasteiger partial charge in [0.15, 0.2) is 5.11 Å². The summed E-state index contributed by atoms with van der Waals surface area (Å²) in [4.78, 5) is 51.7. The second-order valence-corrected chi connectivity index (χ2v) is 11.1. The van der Waals surface area contributed by atoms with Crippen LogP contribution in [0.4, 0.5) is 22.7 Å². The smallest absolute Gasteiger partial charge is 0.318 e. The number of benzene rings is 4. The number of aryl methyl sites for hydroxylation is 1. The summed E-state index contributed by atoms with van der Waals surface area (Å²) < 4.78 is 7.64. The van der Waals surface area contributed by atoms with Crippen LogP contribution in [0.5, 0.6) is 11.5 Å². The van der Waals surface area contributed by atoms with Gasteiger partial charge in [0.2, 0.25) is 5.75 Å². The summed E-state index contributed by atoms with van der Waals surface area (Å²) in [6.07, 6.45) is 1.57. The minimum absolute atomic E-state index is 0.0476. The topological polar surface area (TPSA) is 141 Å². The van der Waals surface area contributed by atoms with Gasteiger partial charge >= 0.3 is 5.69 Å².